The molecule has 2 aromatic carbocycles. The number of nitrogens with zero attached hydrogens (tertiary/aromatic N) is 1. The molecule has 0 spiro atoms. The number of hydrogen-bond donors (Lipinski definition) is 2. The Morgan fingerprint density at radius 1 is 1.17 bits per heavy atom. The maximum absolute atomic E-state index is 12.8. The summed E-state index contributed by atoms with van der Waals surface area (Å²) in [5.74, 6) is -3.70. The molecule has 0 bridgehead atoms. The lowest BCUT2D eigenvalue weighted by molar-refractivity contribution is -0.133. The number of alkyl halides is 2. The predicted molar refractivity (Wildman–Crippen MR) is 106 cm³/mol. The minimum absolute atomic E-state index is 0.353. The van der Waals surface area contributed by atoms with Gasteiger partial charge < -0.3 is 10.6 Å². The van der Waals surface area contributed by atoms with Crippen LogP contribution in [0.5, 0.6) is 0 Å². The highest BCUT2D eigenvalue weighted by atomic mass is 35.5. The average molecular weight is 440 g/mol. The van der Waals surface area contributed by atoms with Gasteiger partial charge in [-0.25, -0.2) is 4.79 Å². The van der Waals surface area contributed by atoms with E-state index >= 15 is 0 Å². The Labute approximate surface area is 174 Å². The number of imide groups is 1. The quantitative estimate of drug-likeness (QED) is 0.525. The number of nitrogens with one attached hydrogen (secondary N) is 2. The number of amides is 4. The molecule has 29 heavy (non-hydrogen) atoms. The number of carbonyl (C=O) groups excluding carboxylic acids is 3. The molecule has 4 amide bonds. The third-order valence-electron chi connectivity index (χ3n) is 4.36. The normalized spacial score (nSPS) is 18.9. The molecule has 3 rings (SSSR count). The standard InChI is InChI=1S/C19H16ClF2N3O3S/c1-19(11-2-4-12(20)5-3-11)16(27)25(18(28)24-19)10-15(26)23-13-6-8-14(9-7-13)29-17(21)22/h2-9,17H,10H2,1H3,(H,23,26)(H,24,28). The van der Waals surface area contributed by atoms with Crippen molar-refractivity contribution in [1.29, 1.82) is 0 Å². The molecule has 0 saturated carbocycles. The fourth-order valence-corrected chi connectivity index (χ4v) is 3.51. The zero-order chi connectivity index (χ0) is 21.2. The molecule has 2 aromatic rings. The van der Waals surface area contributed by atoms with Crippen molar-refractivity contribution in [3.63, 3.8) is 0 Å². The van der Waals surface area contributed by atoms with Gasteiger partial charge in [0.1, 0.15) is 12.1 Å². The van der Waals surface area contributed by atoms with Crippen LogP contribution in [0.15, 0.2) is 53.4 Å². The SMILES string of the molecule is CC1(c2ccc(Cl)cc2)NC(=O)N(CC(=O)Nc2ccc(SC(F)F)cc2)C1=O. The number of rotatable bonds is 6. The average Bonchev–Trinajstić information content (AvgIpc) is 2.87. The van der Waals surface area contributed by atoms with Crippen molar-refractivity contribution in [2.24, 2.45) is 0 Å². The Hall–Kier alpha value is -2.65. The second-order valence-corrected chi connectivity index (χ2v) is 7.90. The van der Waals surface area contributed by atoms with Crippen LogP contribution in [0.3, 0.4) is 0 Å². The van der Waals surface area contributed by atoms with Crippen molar-refractivity contribution in [3.05, 3.63) is 59.1 Å². The lowest BCUT2D eigenvalue weighted by Gasteiger charge is -2.22. The summed E-state index contributed by atoms with van der Waals surface area (Å²) in [4.78, 5) is 38.6. The van der Waals surface area contributed by atoms with E-state index in [1.807, 2.05) is 0 Å². The molecule has 1 atom stereocenters. The minimum atomic E-state index is -2.54. The van der Waals surface area contributed by atoms with Gasteiger partial charge in [-0.3, -0.25) is 14.5 Å². The molecule has 1 unspecified atom stereocenters. The van der Waals surface area contributed by atoms with Gasteiger partial charge in [0.25, 0.3) is 11.7 Å². The van der Waals surface area contributed by atoms with Crippen molar-refractivity contribution in [1.82, 2.24) is 10.2 Å². The monoisotopic (exact) mass is 439 g/mol. The topological polar surface area (TPSA) is 78.5 Å². The number of halogens is 3. The van der Waals surface area contributed by atoms with Gasteiger partial charge >= 0.3 is 6.03 Å². The van der Waals surface area contributed by atoms with Crippen LogP contribution in [-0.4, -0.2) is 35.0 Å². The van der Waals surface area contributed by atoms with Crippen LogP contribution in [0.4, 0.5) is 19.3 Å². The summed E-state index contributed by atoms with van der Waals surface area (Å²) in [7, 11) is 0. The van der Waals surface area contributed by atoms with E-state index in [1.165, 1.54) is 24.3 Å². The lowest BCUT2D eigenvalue weighted by atomic mass is 9.92. The van der Waals surface area contributed by atoms with Gasteiger partial charge in [-0.2, -0.15) is 8.78 Å². The number of benzene rings is 2. The molecule has 0 radical (unpaired) electrons. The lowest BCUT2D eigenvalue weighted by Crippen LogP contribution is -2.42. The molecule has 1 heterocycles. The molecule has 10 heteroatoms. The second-order valence-electron chi connectivity index (χ2n) is 6.40. The molecular weight excluding hydrogens is 424 g/mol. The summed E-state index contributed by atoms with van der Waals surface area (Å²) in [6.45, 7) is 1.06. The molecule has 152 valence electrons. The van der Waals surface area contributed by atoms with Crippen LogP contribution in [-0.2, 0) is 15.1 Å². The first-order valence-corrected chi connectivity index (χ1v) is 9.69. The maximum Gasteiger partial charge on any atom is 0.325 e. The number of hydrogen-bond acceptors (Lipinski definition) is 4. The summed E-state index contributed by atoms with van der Waals surface area (Å²) in [5, 5.41) is 5.63. The fraction of sp³-hybridized carbons (Fsp3) is 0.211. The van der Waals surface area contributed by atoms with Crippen molar-refractivity contribution in [2.75, 3.05) is 11.9 Å². The van der Waals surface area contributed by atoms with E-state index in [-0.39, 0.29) is 0 Å². The summed E-state index contributed by atoms with van der Waals surface area (Å²) >= 11 is 6.25. The molecular formula is C19H16ClF2N3O3S. The largest absolute Gasteiger partial charge is 0.325 e. The smallest absolute Gasteiger partial charge is 0.325 e. The summed E-state index contributed by atoms with van der Waals surface area (Å²) in [6.07, 6.45) is 0. The molecule has 1 aliphatic rings. The molecule has 0 aromatic heterocycles. The Morgan fingerprint density at radius 2 is 1.79 bits per heavy atom. The highest BCUT2D eigenvalue weighted by Crippen LogP contribution is 2.30. The highest BCUT2D eigenvalue weighted by molar-refractivity contribution is 7.99. The van der Waals surface area contributed by atoms with Gasteiger partial charge in [0, 0.05) is 15.6 Å². The molecule has 1 aliphatic heterocycles. The Kier molecular flexibility index (Phi) is 6.09. The third kappa shape index (κ3) is 4.68. The Bertz CT molecular complexity index is 941. The van der Waals surface area contributed by atoms with E-state index < -0.39 is 35.7 Å². The van der Waals surface area contributed by atoms with E-state index in [2.05, 4.69) is 10.6 Å². The number of carbonyl (C=O) groups is 3. The van der Waals surface area contributed by atoms with Crippen LogP contribution < -0.4 is 10.6 Å². The van der Waals surface area contributed by atoms with E-state index in [0.717, 1.165) is 4.90 Å². The van der Waals surface area contributed by atoms with Gasteiger partial charge in [-0.05, 0) is 48.9 Å². The summed E-state index contributed by atoms with van der Waals surface area (Å²) in [6, 6.07) is 11.6. The van der Waals surface area contributed by atoms with Gasteiger partial charge in [-0.15, -0.1) is 0 Å². The van der Waals surface area contributed by atoms with Gasteiger partial charge in [0.05, 0.1) is 0 Å². The van der Waals surface area contributed by atoms with Crippen molar-refractivity contribution >= 4 is 46.9 Å². The zero-order valence-electron chi connectivity index (χ0n) is 15.1. The number of urea groups is 1. The van der Waals surface area contributed by atoms with E-state index in [1.54, 1.807) is 31.2 Å². The summed E-state index contributed by atoms with van der Waals surface area (Å²) in [5.41, 5.74) is -0.410. The minimum Gasteiger partial charge on any atom is -0.325 e. The maximum atomic E-state index is 12.8. The van der Waals surface area contributed by atoms with Gasteiger partial charge in [0.2, 0.25) is 5.91 Å². The molecule has 0 aliphatic carbocycles. The predicted octanol–water partition coefficient (Wildman–Crippen LogP) is 4.06. The number of anilines is 1. The Balaban J connectivity index is 1.66. The van der Waals surface area contributed by atoms with Crippen LogP contribution in [0.25, 0.3) is 0 Å². The second kappa shape index (κ2) is 8.38. The molecule has 1 fully saturated rings. The Morgan fingerprint density at radius 3 is 2.38 bits per heavy atom. The molecule has 1 saturated heterocycles. The zero-order valence-corrected chi connectivity index (χ0v) is 16.7. The third-order valence-corrected chi connectivity index (χ3v) is 5.34. The first-order valence-electron chi connectivity index (χ1n) is 8.44. The van der Waals surface area contributed by atoms with Crippen molar-refractivity contribution in [3.8, 4) is 0 Å². The van der Waals surface area contributed by atoms with E-state index in [9.17, 15) is 23.2 Å². The van der Waals surface area contributed by atoms with E-state index in [0.29, 0.717) is 32.9 Å². The number of thioether (sulfide) groups is 1. The van der Waals surface area contributed by atoms with E-state index in [4.69, 9.17) is 11.6 Å². The highest BCUT2D eigenvalue weighted by Gasteiger charge is 2.49. The molecule has 6 nitrogen and oxygen atoms in total. The molecule has 2 N–H and O–H groups in total. The fourth-order valence-electron chi connectivity index (χ4n) is 2.88. The van der Waals surface area contributed by atoms with Crippen LogP contribution >= 0.6 is 23.4 Å². The van der Waals surface area contributed by atoms with Crippen LogP contribution in [0, 0.1) is 0 Å². The summed E-state index contributed by atoms with van der Waals surface area (Å²) < 4.78 is 24.7. The van der Waals surface area contributed by atoms with Crippen LogP contribution in [0.2, 0.25) is 5.02 Å². The van der Waals surface area contributed by atoms with Crippen LogP contribution in [0.1, 0.15) is 12.5 Å². The van der Waals surface area contributed by atoms with Crippen molar-refractivity contribution in [2.45, 2.75) is 23.1 Å². The first kappa shape index (κ1) is 21.1. The first-order chi connectivity index (χ1) is 13.7. The van der Waals surface area contributed by atoms with Crippen molar-refractivity contribution < 1.29 is 23.2 Å². The van der Waals surface area contributed by atoms with Gasteiger partial charge in [-0.1, -0.05) is 35.5 Å². The van der Waals surface area contributed by atoms with Gasteiger partial charge in [0.15, 0.2) is 0 Å².